The smallest absolute Gasteiger partial charge is 0.164 e. The van der Waals surface area contributed by atoms with Crippen molar-refractivity contribution in [3.8, 4) is 40.2 Å². The molecule has 198 valence electrons. The number of hydrogen-bond acceptors (Lipinski definition) is 5. The SMILES string of the molecule is CC1C=CC2N(c3cccc(-c4nc(-c5ccccc5)nc(-c5cccc(C#N)c5)n4)c3)c3ccccc3C2(C)C1. The Morgan fingerprint density at radius 3 is 2.12 bits per heavy atom. The van der Waals surface area contributed by atoms with E-state index >= 15 is 0 Å². The van der Waals surface area contributed by atoms with Crippen molar-refractivity contribution in [3.63, 3.8) is 0 Å². The highest BCUT2D eigenvalue weighted by molar-refractivity contribution is 5.78. The molecule has 5 nitrogen and oxygen atoms in total. The van der Waals surface area contributed by atoms with E-state index in [2.05, 4.69) is 85.5 Å². The minimum Gasteiger partial charge on any atom is -0.333 e. The predicted molar refractivity (Wildman–Crippen MR) is 163 cm³/mol. The second-order valence-corrected chi connectivity index (χ2v) is 11.2. The third-order valence-electron chi connectivity index (χ3n) is 8.38. The summed E-state index contributed by atoms with van der Waals surface area (Å²) in [4.78, 5) is 17.2. The Hall–Kier alpha value is -5.08. The summed E-state index contributed by atoms with van der Waals surface area (Å²) in [7, 11) is 0. The maximum atomic E-state index is 9.48. The van der Waals surface area contributed by atoms with Gasteiger partial charge in [-0.3, -0.25) is 0 Å². The molecule has 4 aromatic carbocycles. The van der Waals surface area contributed by atoms with Crippen molar-refractivity contribution < 1.29 is 0 Å². The number of benzene rings is 4. The first kappa shape index (κ1) is 24.9. The first-order valence-corrected chi connectivity index (χ1v) is 14.0. The fraction of sp³-hybridized carbons (Fsp3) is 0.167. The predicted octanol–water partition coefficient (Wildman–Crippen LogP) is 8.12. The monoisotopic (exact) mass is 531 g/mol. The van der Waals surface area contributed by atoms with Crippen LogP contribution in [0.2, 0.25) is 0 Å². The van der Waals surface area contributed by atoms with Gasteiger partial charge in [0.2, 0.25) is 0 Å². The number of nitriles is 1. The van der Waals surface area contributed by atoms with Gasteiger partial charge in [0.05, 0.1) is 17.7 Å². The van der Waals surface area contributed by atoms with Crippen LogP contribution in [-0.2, 0) is 5.41 Å². The van der Waals surface area contributed by atoms with Gasteiger partial charge in [0.1, 0.15) is 0 Å². The Balaban J connectivity index is 1.37. The zero-order valence-corrected chi connectivity index (χ0v) is 23.1. The van der Waals surface area contributed by atoms with E-state index in [1.54, 1.807) is 6.07 Å². The van der Waals surface area contributed by atoms with Gasteiger partial charge in [-0.2, -0.15) is 5.26 Å². The summed E-state index contributed by atoms with van der Waals surface area (Å²) >= 11 is 0. The quantitative estimate of drug-likeness (QED) is 0.219. The van der Waals surface area contributed by atoms with Crippen LogP contribution in [0.5, 0.6) is 0 Å². The van der Waals surface area contributed by atoms with Crippen molar-refractivity contribution in [2.45, 2.75) is 31.7 Å². The Bertz CT molecular complexity index is 1840. The molecule has 0 bridgehead atoms. The highest BCUT2D eigenvalue weighted by Crippen LogP contribution is 2.54. The average Bonchev–Trinajstić information content (AvgIpc) is 3.29. The molecule has 7 rings (SSSR count). The lowest BCUT2D eigenvalue weighted by molar-refractivity contribution is 0.353. The maximum absolute atomic E-state index is 9.48. The lowest BCUT2D eigenvalue weighted by atomic mass is 9.69. The summed E-state index contributed by atoms with van der Waals surface area (Å²) in [5.41, 5.74) is 6.98. The molecule has 2 heterocycles. The number of nitrogens with zero attached hydrogens (tertiary/aromatic N) is 5. The van der Waals surface area contributed by atoms with E-state index in [1.807, 2.05) is 48.5 Å². The van der Waals surface area contributed by atoms with Crippen LogP contribution in [0.4, 0.5) is 11.4 Å². The van der Waals surface area contributed by atoms with E-state index in [9.17, 15) is 5.26 Å². The van der Waals surface area contributed by atoms with Crippen LogP contribution < -0.4 is 4.90 Å². The Morgan fingerprint density at radius 2 is 1.37 bits per heavy atom. The van der Waals surface area contributed by atoms with Crippen molar-refractivity contribution in [1.29, 1.82) is 5.26 Å². The number of fused-ring (bicyclic) bond motifs is 3. The lowest BCUT2D eigenvalue weighted by Crippen LogP contribution is -2.42. The van der Waals surface area contributed by atoms with Crippen LogP contribution in [0.15, 0.2) is 115 Å². The van der Waals surface area contributed by atoms with Gasteiger partial charge < -0.3 is 4.90 Å². The Morgan fingerprint density at radius 1 is 0.732 bits per heavy atom. The van der Waals surface area contributed by atoms with Crippen LogP contribution in [-0.4, -0.2) is 21.0 Å². The number of hydrogen-bond donors (Lipinski definition) is 0. The third kappa shape index (κ3) is 4.29. The van der Waals surface area contributed by atoms with E-state index < -0.39 is 0 Å². The lowest BCUT2D eigenvalue weighted by Gasteiger charge is -2.39. The van der Waals surface area contributed by atoms with Crippen molar-refractivity contribution >= 4 is 11.4 Å². The standard InChI is InChI=1S/C36H29N5/c1-24-18-19-32-36(2,22-24)30-16-6-7-17-31(30)41(32)29-15-9-14-28(21-29)35-39-33(26-11-4-3-5-12-26)38-34(40-35)27-13-8-10-25(20-27)23-37/h3-21,24,32H,22H2,1-2H3. The van der Waals surface area contributed by atoms with Crippen LogP contribution in [0.25, 0.3) is 34.2 Å². The van der Waals surface area contributed by atoms with E-state index in [0.29, 0.717) is 29.0 Å². The van der Waals surface area contributed by atoms with Crippen molar-refractivity contribution in [2.24, 2.45) is 5.92 Å². The van der Waals surface area contributed by atoms with Crippen LogP contribution in [0, 0.1) is 17.2 Å². The molecule has 1 aromatic heterocycles. The number of para-hydroxylation sites is 1. The number of rotatable bonds is 4. The molecule has 0 radical (unpaired) electrons. The summed E-state index contributed by atoms with van der Waals surface area (Å²) in [6, 6.07) is 37.1. The van der Waals surface area contributed by atoms with Gasteiger partial charge in [0.25, 0.3) is 0 Å². The fourth-order valence-corrected chi connectivity index (χ4v) is 6.49. The molecule has 1 aliphatic heterocycles. The number of anilines is 2. The van der Waals surface area contributed by atoms with Gasteiger partial charge in [-0.25, -0.2) is 15.0 Å². The van der Waals surface area contributed by atoms with Crippen LogP contribution >= 0.6 is 0 Å². The van der Waals surface area contributed by atoms with Crippen LogP contribution in [0.1, 0.15) is 31.4 Å². The molecule has 0 N–H and O–H groups in total. The largest absolute Gasteiger partial charge is 0.333 e. The van der Waals surface area contributed by atoms with E-state index in [0.717, 1.165) is 28.8 Å². The first-order valence-electron chi connectivity index (χ1n) is 14.0. The van der Waals surface area contributed by atoms with Gasteiger partial charge in [0.15, 0.2) is 17.5 Å². The van der Waals surface area contributed by atoms with Gasteiger partial charge in [0, 0.05) is 33.5 Å². The van der Waals surface area contributed by atoms with Crippen LogP contribution in [0.3, 0.4) is 0 Å². The van der Waals surface area contributed by atoms with E-state index in [-0.39, 0.29) is 11.5 Å². The molecule has 0 amide bonds. The van der Waals surface area contributed by atoms with E-state index in [1.165, 1.54) is 11.3 Å². The molecule has 0 fully saturated rings. The molecule has 0 spiro atoms. The molecule has 5 aromatic rings. The Labute approximate surface area is 240 Å². The molecule has 41 heavy (non-hydrogen) atoms. The summed E-state index contributed by atoms with van der Waals surface area (Å²) in [5, 5.41) is 9.48. The molecule has 0 saturated carbocycles. The molecule has 1 aliphatic carbocycles. The zero-order chi connectivity index (χ0) is 28.0. The summed E-state index contributed by atoms with van der Waals surface area (Å²) in [6.45, 7) is 4.71. The number of aromatic nitrogens is 3. The minimum absolute atomic E-state index is 0.0351. The van der Waals surface area contributed by atoms with Crippen molar-refractivity contribution in [1.82, 2.24) is 15.0 Å². The van der Waals surface area contributed by atoms with Gasteiger partial charge in [-0.15, -0.1) is 0 Å². The fourth-order valence-electron chi connectivity index (χ4n) is 6.49. The highest BCUT2D eigenvalue weighted by atomic mass is 15.2. The van der Waals surface area contributed by atoms with Gasteiger partial charge >= 0.3 is 0 Å². The second-order valence-electron chi connectivity index (χ2n) is 11.2. The molecular weight excluding hydrogens is 502 g/mol. The Kier molecular flexibility index (Phi) is 5.98. The molecule has 3 unspecified atom stereocenters. The molecule has 5 heteroatoms. The average molecular weight is 532 g/mol. The zero-order valence-electron chi connectivity index (χ0n) is 23.1. The third-order valence-corrected chi connectivity index (χ3v) is 8.38. The van der Waals surface area contributed by atoms with E-state index in [4.69, 9.17) is 15.0 Å². The van der Waals surface area contributed by atoms with Gasteiger partial charge in [-0.1, -0.05) is 98.8 Å². The highest BCUT2D eigenvalue weighted by Gasteiger charge is 2.48. The topological polar surface area (TPSA) is 65.7 Å². The molecule has 0 saturated heterocycles. The minimum atomic E-state index is 0.0351. The van der Waals surface area contributed by atoms with Crippen molar-refractivity contribution in [3.05, 3.63) is 126 Å². The molecular formula is C36H29N5. The summed E-state index contributed by atoms with van der Waals surface area (Å²) < 4.78 is 0. The van der Waals surface area contributed by atoms with Crippen molar-refractivity contribution in [2.75, 3.05) is 4.90 Å². The summed E-state index contributed by atoms with van der Waals surface area (Å²) in [6.07, 6.45) is 5.85. The molecule has 2 aliphatic rings. The normalized spacial score (nSPS) is 20.8. The number of allylic oxidation sites excluding steroid dienone is 1. The second kappa shape index (κ2) is 9.83. The summed E-state index contributed by atoms with van der Waals surface area (Å²) in [5.74, 6) is 2.28. The first-order chi connectivity index (χ1) is 20.0. The van der Waals surface area contributed by atoms with Gasteiger partial charge in [-0.05, 0) is 48.2 Å². The maximum Gasteiger partial charge on any atom is 0.164 e. The molecule has 3 atom stereocenters.